The van der Waals surface area contributed by atoms with Crippen LogP contribution < -0.4 is 20.6 Å². The minimum atomic E-state index is -0.242. The van der Waals surface area contributed by atoms with Crippen molar-refractivity contribution < 1.29 is 0 Å². The van der Waals surface area contributed by atoms with Crippen molar-refractivity contribution >= 4 is 89.5 Å². The SMILES string of the molecule is Cc1cc2c(cc1N1c3cc4c(cc3B3c5c(cc(-c6ccccc6)cc51)-c1ccc5c(sc6ccccc65)c1N3c1ccc(C(C)(C)C)cc1-c1ccccc1)C(C)(C)c1ccccc1S4)C(C)(C)CCC2(C)C. The number of thiophene rings is 1. The molecule has 9 aromatic carbocycles. The maximum atomic E-state index is 2.82. The van der Waals surface area contributed by atoms with E-state index in [0.717, 1.165) is 6.42 Å². The standard InChI is InChI=1S/C70H63BN2S2/c1-42-35-53-54(69(7,8)34-33-68(53,5)6)40-58(42)72-59-41-63-55(70(9,10)52-26-18-20-28-62(52)74-63)39-56(59)71-64-51(36-45(37-60(64)72)43-21-13-11-14-22-43)48-30-31-49-47-25-17-19-27-61(47)75-66(49)65(48)73(71)57-32-29-46(67(2,3)4)38-50(57)44-23-15-12-16-24-44/h11-32,35-41H,33-34H2,1-10H3. The molecule has 75 heavy (non-hydrogen) atoms. The molecule has 0 saturated heterocycles. The van der Waals surface area contributed by atoms with Crippen LogP contribution in [-0.4, -0.2) is 6.85 Å². The maximum absolute atomic E-state index is 2.82. The molecule has 0 amide bonds. The first-order chi connectivity index (χ1) is 36.0. The third-order valence-corrected chi connectivity index (χ3v) is 20.2. The van der Waals surface area contributed by atoms with E-state index in [4.69, 9.17) is 0 Å². The Bertz CT molecular complexity index is 4020. The molecule has 0 atom stereocenters. The van der Waals surface area contributed by atoms with E-state index in [1.54, 1.807) is 0 Å². The van der Waals surface area contributed by atoms with Crippen molar-refractivity contribution in [2.45, 2.75) is 114 Å². The Balaban J connectivity index is 1.17. The molecule has 0 N–H and O–H groups in total. The van der Waals surface area contributed by atoms with E-state index < -0.39 is 0 Å². The first-order valence-electron chi connectivity index (χ1n) is 27.1. The molecular weight excluding hydrogens is 944 g/mol. The van der Waals surface area contributed by atoms with Crippen molar-refractivity contribution in [3.8, 4) is 33.4 Å². The summed E-state index contributed by atoms with van der Waals surface area (Å²) in [5.41, 5.74) is 24.7. The topological polar surface area (TPSA) is 6.48 Å². The van der Waals surface area contributed by atoms with Gasteiger partial charge in [-0.15, -0.1) is 11.3 Å². The number of benzene rings is 9. The van der Waals surface area contributed by atoms with Crippen LogP contribution in [0, 0.1) is 6.92 Å². The largest absolute Gasteiger partial charge is 0.375 e. The van der Waals surface area contributed by atoms with Crippen LogP contribution in [0.4, 0.5) is 28.4 Å². The molecule has 5 heteroatoms. The van der Waals surface area contributed by atoms with Crippen LogP contribution in [0.1, 0.15) is 109 Å². The normalized spacial score (nSPS) is 16.5. The molecule has 14 rings (SSSR count). The van der Waals surface area contributed by atoms with Gasteiger partial charge in [0, 0.05) is 64.6 Å². The van der Waals surface area contributed by atoms with E-state index in [1.807, 2.05) is 23.1 Å². The minimum absolute atomic E-state index is 0.0254. The van der Waals surface area contributed by atoms with Gasteiger partial charge in [-0.2, -0.15) is 0 Å². The van der Waals surface area contributed by atoms with E-state index in [2.05, 4.69) is 255 Å². The highest BCUT2D eigenvalue weighted by Crippen LogP contribution is 2.58. The Morgan fingerprint density at radius 3 is 1.92 bits per heavy atom. The van der Waals surface area contributed by atoms with Gasteiger partial charge in [-0.1, -0.05) is 201 Å². The Kier molecular flexibility index (Phi) is 10.2. The van der Waals surface area contributed by atoms with Crippen molar-refractivity contribution in [1.82, 2.24) is 0 Å². The summed E-state index contributed by atoms with van der Waals surface area (Å²) < 4.78 is 2.64. The molecule has 4 aliphatic rings. The van der Waals surface area contributed by atoms with E-state index in [-0.39, 0.29) is 28.5 Å². The molecule has 3 aliphatic heterocycles. The predicted molar refractivity (Wildman–Crippen MR) is 325 cm³/mol. The molecule has 4 heterocycles. The molecular formula is C70H63BN2S2. The number of rotatable bonds is 4. The summed E-state index contributed by atoms with van der Waals surface area (Å²) >= 11 is 3.89. The van der Waals surface area contributed by atoms with Crippen molar-refractivity contribution in [3.05, 3.63) is 209 Å². The summed E-state index contributed by atoms with van der Waals surface area (Å²) in [6, 6.07) is 68.3. The van der Waals surface area contributed by atoms with E-state index in [9.17, 15) is 0 Å². The quantitative estimate of drug-likeness (QED) is 0.162. The first-order valence-corrected chi connectivity index (χ1v) is 28.7. The second kappa shape index (κ2) is 16.4. The zero-order valence-electron chi connectivity index (χ0n) is 44.9. The van der Waals surface area contributed by atoms with Crippen LogP contribution in [0.15, 0.2) is 186 Å². The summed E-state index contributed by atoms with van der Waals surface area (Å²) in [6.07, 6.45) is 2.33. The Hall–Kier alpha value is -6.79. The summed E-state index contributed by atoms with van der Waals surface area (Å²) in [5, 5.41) is 2.62. The van der Waals surface area contributed by atoms with Crippen molar-refractivity contribution in [3.63, 3.8) is 0 Å². The summed E-state index contributed by atoms with van der Waals surface area (Å²) in [5.74, 6) is 0. The third-order valence-electron chi connectivity index (χ3n) is 17.8. The number of hydrogen-bond acceptors (Lipinski definition) is 4. The van der Waals surface area contributed by atoms with Crippen LogP contribution in [0.25, 0.3) is 53.6 Å². The number of anilines is 5. The third kappa shape index (κ3) is 6.99. The number of fused-ring (bicyclic) bond motifs is 11. The summed E-state index contributed by atoms with van der Waals surface area (Å²) in [7, 11) is 0. The molecule has 368 valence electrons. The Morgan fingerprint density at radius 1 is 0.493 bits per heavy atom. The van der Waals surface area contributed by atoms with Gasteiger partial charge in [0.25, 0.3) is 0 Å². The van der Waals surface area contributed by atoms with Gasteiger partial charge in [0.15, 0.2) is 0 Å². The van der Waals surface area contributed by atoms with Gasteiger partial charge in [-0.25, -0.2) is 0 Å². The van der Waals surface area contributed by atoms with Crippen LogP contribution in [-0.2, 0) is 21.7 Å². The van der Waals surface area contributed by atoms with Crippen molar-refractivity contribution in [1.29, 1.82) is 0 Å². The lowest BCUT2D eigenvalue weighted by molar-refractivity contribution is 0.332. The fourth-order valence-corrected chi connectivity index (χ4v) is 16.1. The Morgan fingerprint density at radius 2 is 1.17 bits per heavy atom. The molecule has 0 spiro atoms. The van der Waals surface area contributed by atoms with Crippen molar-refractivity contribution in [2.75, 3.05) is 9.71 Å². The van der Waals surface area contributed by atoms with E-state index in [1.165, 1.54) is 143 Å². The zero-order valence-corrected chi connectivity index (χ0v) is 46.6. The minimum Gasteiger partial charge on any atom is -0.375 e. The van der Waals surface area contributed by atoms with Crippen LogP contribution >= 0.6 is 23.1 Å². The van der Waals surface area contributed by atoms with Gasteiger partial charge >= 0.3 is 6.85 Å². The van der Waals surface area contributed by atoms with Gasteiger partial charge in [0.1, 0.15) is 0 Å². The fourth-order valence-electron chi connectivity index (χ4n) is 13.5. The fraction of sp³-hybridized carbons (Fsp3) is 0.229. The lowest BCUT2D eigenvalue weighted by Gasteiger charge is -2.48. The molecule has 0 bridgehead atoms. The van der Waals surface area contributed by atoms with Gasteiger partial charge in [-0.05, 0) is 151 Å². The highest BCUT2D eigenvalue weighted by molar-refractivity contribution is 7.99. The summed E-state index contributed by atoms with van der Waals surface area (Å²) in [4.78, 5) is 8.21. The second-order valence-electron chi connectivity index (χ2n) is 24.8. The first kappa shape index (κ1) is 46.7. The molecule has 0 radical (unpaired) electrons. The van der Waals surface area contributed by atoms with E-state index >= 15 is 0 Å². The lowest BCUT2D eigenvalue weighted by Crippen LogP contribution is -2.62. The van der Waals surface area contributed by atoms with Gasteiger partial charge in [-0.3, -0.25) is 0 Å². The molecule has 1 aromatic heterocycles. The second-order valence-corrected chi connectivity index (χ2v) is 26.9. The van der Waals surface area contributed by atoms with Crippen LogP contribution in [0.5, 0.6) is 0 Å². The Labute approximate surface area is 452 Å². The highest BCUT2D eigenvalue weighted by atomic mass is 32.2. The molecule has 1 aliphatic carbocycles. The van der Waals surface area contributed by atoms with Gasteiger partial charge in [0.2, 0.25) is 0 Å². The van der Waals surface area contributed by atoms with Crippen molar-refractivity contribution in [2.24, 2.45) is 0 Å². The van der Waals surface area contributed by atoms with Crippen LogP contribution in [0.3, 0.4) is 0 Å². The number of aryl methyl sites for hydroxylation is 1. The highest BCUT2D eigenvalue weighted by Gasteiger charge is 2.49. The summed E-state index contributed by atoms with van der Waals surface area (Å²) in [6.45, 7) is 24.0. The lowest BCUT2D eigenvalue weighted by atomic mass is 9.43. The van der Waals surface area contributed by atoms with E-state index in [0.29, 0.717) is 0 Å². The average molecular weight is 1010 g/mol. The zero-order chi connectivity index (χ0) is 51.5. The van der Waals surface area contributed by atoms with Gasteiger partial charge in [0.05, 0.1) is 10.4 Å². The van der Waals surface area contributed by atoms with Gasteiger partial charge < -0.3 is 9.71 Å². The predicted octanol–water partition coefficient (Wildman–Crippen LogP) is 18.8. The monoisotopic (exact) mass is 1010 g/mol. The maximum Gasteiger partial charge on any atom is 0.333 e. The average Bonchev–Trinajstić information content (AvgIpc) is 3.79. The number of nitrogens with zero attached hydrogens (tertiary/aromatic N) is 2. The molecule has 0 unspecified atom stereocenters. The molecule has 10 aromatic rings. The smallest absolute Gasteiger partial charge is 0.333 e. The molecule has 0 fully saturated rings. The molecule has 0 saturated carbocycles. The molecule has 2 nitrogen and oxygen atoms in total. The van der Waals surface area contributed by atoms with Crippen LogP contribution in [0.2, 0.25) is 0 Å². The number of hydrogen-bond donors (Lipinski definition) is 0.